The molecule has 0 fully saturated rings. The summed E-state index contributed by atoms with van der Waals surface area (Å²) in [5, 5.41) is 8.88. The van der Waals surface area contributed by atoms with Crippen LogP contribution in [0.3, 0.4) is 0 Å². The number of nitrogens with two attached hydrogens (primary N) is 1. The summed E-state index contributed by atoms with van der Waals surface area (Å²) < 4.78 is 0. The number of amidine groups is 1. The summed E-state index contributed by atoms with van der Waals surface area (Å²) in [6.07, 6.45) is 0. The van der Waals surface area contributed by atoms with Gasteiger partial charge in [-0.15, -0.1) is 11.8 Å². The van der Waals surface area contributed by atoms with E-state index in [4.69, 9.17) is 10.8 Å². The van der Waals surface area contributed by atoms with Crippen LogP contribution in [0.5, 0.6) is 0 Å². The second-order valence-corrected chi connectivity index (χ2v) is 2.72. The van der Waals surface area contributed by atoms with E-state index in [-0.39, 0.29) is 0 Å². The van der Waals surface area contributed by atoms with Crippen molar-refractivity contribution in [3.63, 3.8) is 0 Å². The molecule has 0 spiro atoms. The Morgan fingerprint density at radius 2 is 2.62 bits per heavy atom. The van der Waals surface area contributed by atoms with Crippen LogP contribution in [0.4, 0.5) is 0 Å². The second kappa shape index (κ2) is 2.37. The summed E-state index contributed by atoms with van der Waals surface area (Å²) in [4.78, 5) is 3.83. The lowest BCUT2D eigenvalue weighted by atomic mass is 10.6. The Morgan fingerprint density at radius 3 is 3.00 bits per heavy atom. The topological polar surface area (TPSA) is 58.6 Å². The zero-order valence-electron chi connectivity index (χ0n) is 4.37. The van der Waals surface area contributed by atoms with Crippen LogP contribution in [0, 0.1) is 0 Å². The molecule has 0 aliphatic carbocycles. The standard InChI is InChI=1S/C4H8N2OS/c5-3-4(7)8-2-1-6-3/h4,7H,1-2H2,(H2,5,6). The molecule has 46 valence electrons. The van der Waals surface area contributed by atoms with Gasteiger partial charge in [0, 0.05) is 5.75 Å². The molecule has 0 aromatic rings. The molecule has 1 atom stereocenters. The van der Waals surface area contributed by atoms with Crippen LogP contribution in [-0.4, -0.2) is 28.7 Å². The van der Waals surface area contributed by atoms with Crippen LogP contribution in [0.2, 0.25) is 0 Å². The number of aliphatic hydroxyl groups is 1. The van der Waals surface area contributed by atoms with E-state index in [9.17, 15) is 0 Å². The zero-order chi connectivity index (χ0) is 5.98. The van der Waals surface area contributed by atoms with Crippen molar-refractivity contribution < 1.29 is 5.11 Å². The molecule has 0 bridgehead atoms. The highest BCUT2D eigenvalue weighted by molar-refractivity contribution is 8.00. The molecule has 1 aliphatic rings. The fourth-order valence-corrected chi connectivity index (χ4v) is 1.17. The molecule has 0 radical (unpaired) electrons. The highest BCUT2D eigenvalue weighted by Gasteiger charge is 2.11. The van der Waals surface area contributed by atoms with Gasteiger partial charge in [0.15, 0.2) is 5.44 Å². The lowest BCUT2D eigenvalue weighted by Gasteiger charge is -2.12. The number of hydrogen-bond acceptors (Lipinski definition) is 4. The molecule has 0 saturated heterocycles. The van der Waals surface area contributed by atoms with Crippen molar-refractivity contribution in [2.24, 2.45) is 10.7 Å². The largest absolute Gasteiger partial charge is 0.385 e. The smallest absolute Gasteiger partial charge is 0.156 e. The SMILES string of the molecule is NC1=NCCSC1O. The summed E-state index contributed by atoms with van der Waals surface area (Å²) in [5.74, 6) is 1.24. The first-order chi connectivity index (χ1) is 3.80. The van der Waals surface area contributed by atoms with Crippen molar-refractivity contribution in [1.82, 2.24) is 0 Å². The average molecular weight is 132 g/mol. The molecular formula is C4H8N2OS. The summed E-state index contributed by atoms with van der Waals surface area (Å²) >= 11 is 1.43. The van der Waals surface area contributed by atoms with E-state index in [1.807, 2.05) is 0 Å². The van der Waals surface area contributed by atoms with E-state index in [2.05, 4.69) is 4.99 Å². The summed E-state index contributed by atoms with van der Waals surface area (Å²) in [6.45, 7) is 0.744. The molecule has 4 heteroatoms. The third-order valence-electron chi connectivity index (χ3n) is 0.914. The second-order valence-electron chi connectivity index (χ2n) is 1.53. The third-order valence-corrected chi connectivity index (χ3v) is 1.89. The lowest BCUT2D eigenvalue weighted by molar-refractivity contribution is 0.323. The molecule has 0 aromatic heterocycles. The van der Waals surface area contributed by atoms with Crippen molar-refractivity contribution in [1.29, 1.82) is 0 Å². The van der Waals surface area contributed by atoms with Crippen molar-refractivity contribution in [2.75, 3.05) is 12.3 Å². The summed E-state index contributed by atoms with van der Waals surface area (Å²) in [6, 6.07) is 0. The van der Waals surface area contributed by atoms with E-state index in [1.54, 1.807) is 0 Å². The number of thioether (sulfide) groups is 1. The molecule has 1 unspecified atom stereocenters. The fraction of sp³-hybridized carbons (Fsp3) is 0.750. The van der Waals surface area contributed by atoms with E-state index >= 15 is 0 Å². The Morgan fingerprint density at radius 1 is 1.88 bits per heavy atom. The third kappa shape index (κ3) is 1.14. The van der Waals surface area contributed by atoms with Crippen LogP contribution in [0.25, 0.3) is 0 Å². The first-order valence-corrected chi connectivity index (χ1v) is 3.45. The van der Waals surface area contributed by atoms with Crippen LogP contribution < -0.4 is 5.73 Å². The van der Waals surface area contributed by atoms with Crippen LogP contribution >= 0.6 is 11.8 Å². The number of nitrogens with zero attached hydrogens (tertiary/aromatic N) is 1. The average Bonchev–Trinajstić information content (AvgIpc) is 1.77. The Labute approximate surface area is 52.0 Å². The first-order valence-electron chi connectivity index (χ1n) is 2.40. The van der Waals surface area contributed by atoms with Crippen LogP contribution in [0.15, 0.2) is 4.99 Å². The summed E-state index contributed by atoms with van der Waals surface area (Å²) in [5.41, 5.74) is 4.71. The number of aliphatic imine (C=N–C) groups is 1. The van der Waals surface area contributed by atoms with E-state index in [1.165, 1.54) is 11.8 Å². The van der Waals surface area contributed by atoms with Crippen molar-refractivity contribution in [3.8, 4) is 0 Å². The Balaban J connectivity index is 2.53. The van der Waals surface area contributed by atoms with Gasteiger partial charge in [-0.2, -0.15) is 0 Å². The molecule has 3 N–H and O–H groups in total. The Kier molecular flexibility index (Phi) is 1.75. The molecule has 0 saturated carbocycles. The predicted octanol–water partition coefficient (Wildman–Crippen LogP) is -0.591. The molecule has 0 amide bonds. The van der Waals surface area contributed by atoms with Crippen molar-refractivity contribution in [3.05, 3.63) is 0 Å². The van der Waals surface area contributed by atoms with Gasteiger partial charge in [0.05, 0.1) is 6.54 Å². The highest BCUT2D eigenvalue weighted by Crippen LogP contribution is 2.11. The van der Waals surface area contributed by atoms with Gasteiger partial charge in [-0.05, 0) is 0 Å². The highest BCUT2D eigenvalue weighted by atomic mass is 32.2. The van der Waals surface area contributed by atoms with Gasteiger partial charge in [-0.3, -0.25) is 4.99 Å². The van der Waals surface area contributed by atoms with E-state index in [0.29, 0.717) is 5.84 Å². The minimum atomic E-state index is -0.552. The zero-order valence-corrected chi connectivity index (χ0v) is 5.19. The maximum atomic E-state index is 8.88. The van der Waals surface area contributed by atoms with Gasteiger partial charge in [-0.25, -0.2) is 0 Å². The minimum Gasteiger partial charge on any atom is -0.385 e. The van der Waals surface area contributed by atoms with Crippen LogP contribution in [-0.2, 0) is 0 Å². The first kappa shape index (κ1) is 5.91. The summed E-state index contributed by atoms with van der Waals surface area (Å²) in [7, 11) is 0. The number of rotatable bonds is 0. The Hall–Kier alpha value is -0.220. The van der Waals surface area contributed by atoms with Gasteiger partial charge < -0.3 is 10.8 Å². The van der Waals surface area contributed by atoms with Gasteiger partial charge in [0.25, 0.3) is 0 Å². The molecule has 1 rings (SSSR count). The Bertz CT molecular complexity index is 115. The van der Waals surface area contributed by atoms with E-state index in [0.717, 1.165) is 12.3 Å². The lowest BCUT2D eigenvalue weighted by Crippen LogP contribution is -2.29. The number of aliphatic hydroxyl groups excluding tert-OH is 1. The monoisotopic (exact) mass is 132 g/mol. The van der Waals surface area contributed by atoms with Gasteiger partial charge in [0.2, 0.25) is 0 Å². The molecule has 1 heterocycles. The van der Waals surface area contributed by atoms with E-state index < -0.39 is 5.44 Å². The quantitative estimate of drug-likeness (QED) is 0.463. The molecule has 0 aromatic carbocycles. The van der Waals surface area contributed by atoms with Crippen molar-refractivity contribution >= 4 is 17.6 Å². The molecule has 1 aliphatic heterocycles. The maximum Gasteiger partial charge on any atom is 0.156 e. The normalized spacial score (nSPS) is 29.6. The molecule has 3 nitrogen and oxygen atoms in total. The van der Waals surface area contributed by atoms with Gasteiger partial charge in [-0.1, -0.05) is 0 Å². The van der Waals surface area contributed by atoms with Crippen LogP contribution in [0.1, 0.15) is 0 Å². The number of hydrogen-bond donors (Lipinski definition) is 2. The van der Waals surface area contributed by atoms with Gasteiger partial charge >= 0.3 is 0 Å². The molecule has 8 heavy (non-hydrogen) atoms. The molecular weight excluding hydrogens is 124 g/mol. The van der Waals surface area contributed by atoms with Crippen molar-refractivity contribution in [2.45, 2.75) is 5.44 Å². The van der Waals surface area contributed by atoms with Gasteiger partial charge in [0.1, 0.15) is 5.84 Å². The maximum absolute atomic E-state index is 8.88. The predicted molar refractivity (Wildman–Crippen MR) is 35.0 cm³/mol. The fourth-order valence-electron chi connectivity index (χ4n) is 0.503. The minimum absolute atomic E-state index is 0.362.